The first-order valence-corrected chi connectivity index (χ1v) is 12.7. The normalized spacial score (nSPS) is 15.9. The molecule has 0 heterocycles. The van der Waals surface area contributed by atoms with Crippen molar-refractivity contribution in [1.29, 1.82) is 0 Å². The number of halogens is 1. The van der Waals surface area contributed by atoms with Crippen LogP contribution in [0.5, 0.6) is 5.75 Å². The number of carbonyl (C=O) groups is 1. The number of fused-ring (bicyclic) bond motifs is 2. The van der Waals surface area contributed by atoms with Crippen LogP contribution in [0.4, 0.5) is 0 Å². The maximum atomic E-state index is 13.2. The molecule has 4 rings (SSSR count). The van der Waals surface area contributed by atoms with Gasteiger partial charge in [0.1, 0.15) is 12.4 Å². The molecule has 1 N–H and O–H groups in total. The van der Waals surface area contributed by atoms with Crippen LogP contribution in [0.1, 0.15) is 29.9 Å². The van der Waals surface area contributed by atoms with E-state index in [0.717, 1.165) is 33.8 Å². The molecule has 8 heteroatoms. The molecule has 168 valence electrons. The molecule has 0 aromatic heterocycles. The Morgan fingerprint density at radius 1 is 1.09 bits per heavy atom. The third-order valence-corrected chi connectivity index (χ3v) is 7.76. The second kappa shape index (κ2) is 9.60. The summed E-state index contributed by atoms with van der Waals surface area (Å²) in [7, 11) is -2.43. The average molecular weight is 518 g/mol. The van der Waals surface area contributed by atoms with Crippen molar-refractivity contribution in [3.05, 3.63) is 70.2 Å². The SMILES string of the molecule is COCCOc1ccc(Br)c2c1CCCC2C(=O)NS(=O)(=O)c1cccc2ccccc12. The molecule has 0 aliphatic heterocycles. The Morgan fingerprint density at radius 3 is 2.69 bits per heavy atom. The van der Waals surface area contributed by atoms with E-state index in [9.17, 15) is 13.2 Å². The largest absolute Gasteiger partial charge is 0.491 e. The van der Waals surface area contributed by atoms with Crippen LogP contribution in [0, 0.1) is 0 Å². The van der Waals surface area contributed by atoms with Crippen LogP contribution in [-0.2, 0) is 26.0 Å². The summed E-state index contributed by atoms with van der Waals surface area (Å²) in [6.45, 7) is 0.856. The molecule has 0 spiro atoms. The molecule has 1 amide bonds. The van der Waals surface area contributed by atoms with E-state index in [1.54, 1.807) is 25.3 Å². The van der Waals surface area contributed by atoms with Gasteiger partial charge in [-0.15, -0.1) is 0 Å². The lowest BCUT2D eigenvalue weighted by molar-refractivity contribution is -0.121. The zero-order valence-corrected chi connectivity index (χ0v) is 20.0. The number of methoxy groups -OCH3 is 1. The molecule has 32 heavy (non-hydrogen) atoms. The third kappa shape index (κ3) is 4.53. The molecule has 1 aliphatic rings. The molecule has 1 atom stereocenters. The number of rotatable bonds is 7. The number of ether oxygens (including phenoxy) is 2. The molecular weight excluding hydrogens is 494 g/mol. The minimum Gasteiger partial charge on any atom is -0.491 e. The number of benzene rings is 3. The lowest BCUT2D eigenvalue weighted by atomic mass is 9.82. The summed E-state index contributed by atoms with van der Waals surface area (Å²) in [5.41, 5.74) is 1.72. The van der Waals surface area contributed by atoms with Gasteiger partial charge < -0.3 is 9.47 Å². The Kier molecular flexibility index (Phi) is 6.83. The zero-order chi connectivity index (χ0) is 22.7. The number of hydrogen-bond donors (Lipinski definition) is 1. The molecule has 6 nitrogen and oxygen atoms in total. The van der Waals surface area contributed by atoms with Gasteiger partial charge in [0.05, 0.1) is 17.4 Å². The van der Waals surface area contributed by atoms with Crippen molar-refractivity contribution in [2.45, 2.75) is 30.1 Å². The van der Waals surface area contributed by atoms with E-state index in [0.29, 0.717) is 30.8 Å². The summed E-state index contributed by atoms with van der Waals surface area (Å²) < 4.78 is 40.3. The Balaban J connectivity index is 1.64. The quantitative estimate of drug-likeness (QED) is 0.464. The monoisotopic (exact) mass is 517 g/mol. The first-order chi connectivity index (χ1) is 15.4. The topological polar surface area (TPSA) is 81.7 Å². The van der Waals surface area contributed by atoms with Gasteiger partial charge in [0.15, 0.2) is 0 Å². The summed E-state index contributed by atoms with van der Waals surface area (Å²) in [6, 6.07) is 16.0. The Morgan fingerprint density at radius 2 is 1.88 bits per heavy atom. The molecule has 1 aliphatic carbocycles. The highest BCUT2D eigenvalue weighted by Crippen LogP contribution is 2.41. The minimum atomic E-state index is -4.04. The number of amides is 1. The van der Waals surface area contributed by atoms with Gasteiger partial charge in [0, 0.05) is 17.0 Å². The van der Waals surface area contributed by atoms with Crippen molar-refractivity contribution >= 4 is 42.6 Å². The Bertz CT molecular complexity index is 1250. The minimum absolute atomic E-state index is 0.0932. The van der Waals surface area contributed by atoms with Gasteiger partial charge in [0.2, 0.25) is 5.91 Å². The van der Waals surface area contributed by atoms with Gasteiger partial charge in [-0.2, -0.15) is 0 Å². The van der Waals surface area contributed by atoms with Gasteiger partial charge >= 0.3 is 0 Å². The maximum absolute atomic E-state index is 13.2. The van der Waals surface area contributed by atoms with Crippen molar-refractivity contribution in [3.8, 4) is 5.75 Å². The lowest BCUT2D eigenvalue weighted by Gasteiger charge is -2.27. The molecule has 0 bridgehead atoms. The van der Waals surface area contributed by atoms with Crippen molar-refractivity contribution in [2.75, 3.05) is 20.3 Å². The molecular formula is C24H24BrNO5S. The highest BCUT2D eigenvalue weighted by molar-refractivity contribution is 9.10. The highest BCUT2D eigenvalue weighted by atomic mass is 79.9. The van der Waals surface area contributed by atoms with Crippen molar-refractivity contribution in [2.24, 2.45) is 0 Å². The number of hydrogen-bond acceptors (Lipinski definition) is 5. The van der Waals surface area contributed by atoms with E-state index in [1.807, 2.05) is 30.3 Å². The summed E-state index contributed by atoms with van der Waals surface area (Å²) >= 11 is 3.55. The van der Waals surface area contributed by atoms with Crippen LogP contribution in [0.15, 0.2) is 64.0 Å². The van der Waals surface area contributed by atoms with E-state index < -0.39 is 21.8 Å². The Labute approximate surface area is 196 Å². The number of carbonyl (C=O) groups excluding carboxylic acids is 1. The fourth-order valence-corrected chi connectivity index (χ4v) is 6.10. The van der Waals surface area contributed by atoms with E-state index in [4.69, 9.17) is 9.47 Å². The van der Waals surface area contributed by atoms with E-state index >= 15 is 0 Å². The average Bonchev–Trinajstić information content (AvgIpc) is 2.79. The molecule has 0 saturated heterocycles. The van der Waals surface area contributed by atoms with Crippen LogP contribution < -0.4 is 9.46 Å². The van der Waals surface area contributed by atoms with Crippen LogP contribution >= 0.6 is 15.9 Å². The summed E-state index contributed by atoms with van der Waals surface area (Å²) in [6.07, 6.45) is 2.08. The van der Waals surface area contributed by atoms with Gasteiger partial charge in [0.25, 0.3) is 10.0 Å². The van der Waals surface area contributed by atoms with Gasteiger partial charge in [-0.25, -0.2) is 13.1 Å². The first-order valence-electron chi connectivity index (χ1n) is 10.4. The van der Waals surface area contributed by atoms with E-state index in [2.05, 4.69) is 20.7 Å². The van der Waals surface area contributed by atoms with E-state index in [-0.39, 0.29) is 4.90 Å². The molecule has 1 unspecified atom stereocenters. The van der Waals surface area contributed by atoms with Gasteiger partial charge in [-0.05, 0) is 54.0 Å². The van der Waals surface area contributed by atoms with Crippen LogP contribution in [0.25, 0.3) is 10.8 Å². The smallest absolute Gasteiger partial charge is 0.264 e. The molecule has 3 aromatic carbocycles. The third-order valence-electron chi connectivity index (χ3n) is 5.66. The fourth-order valence-electron chi connectivity index (χ4n) is 4.20. The van der Waals surface area contributed by atoms with Crippen LogP contribution in [-0.4, -0.2) is 34.6 Å². The zero-order valence-electron chi connectivity index (χ0n) is 17.6. The molecule has 0 fully saturated rings. The number of sulfonamides is 1. The summed E-state index contributed by atoms with van der Waals surface area (Å²) in [5.74, 6) is -0.424. The predicted octanol–water partition coefficient (Wildman–Crippen LogP) is 4.55. The van der Waals surface area contributed by atoms with Crippen molar-refractivity contribution < 1.29 is 22.7 Å². The standard InChI is InChI=1S/C24H24BrNO5S/c1-30-14-15-31-21-13-12-20(25)23-18(21)9-5-10-19(23)24(27)26-32(28,29)22-11-4-7-16-6-2-3-8-17(16)22/h2-4,6-8,11-13,19H,5,9-10,14-15H2,1H3,(H,26,27). The van der Waals surface area contributed by atoms with Crippen molar-refractivity contribution in [3.63, 3.8) is 0 Å². The van der Waals surface area contributed by atoms with Crippen molar-refractivity contribution in [1.82, 2.24) is 4.72 Å². The lowest BCUT2D eigenvalue weighted by Crippen LogP contribution is -2.36. The molecule has 0 saturated carbocycles. The molecule has 3 aromatic rings. The second-order valence-electron chi connectivity index (χ2n) is 7.67. The fraction of sp³-hybridized carbons (Fsp3) is 0.292. The highest BCUT2D eigenvalue weighted by Gasteiger charge is 2.33. The maximum Gasteiger partial charge on any atom is 0.264 e. The summed E-state index contributed by atoms with van der Waals surface area (Å²) in [5, 5.41) is 1.38. The molecule has 0 radical (unpaired) electrons. The second-order valence-corrected chi connectivity index (χ2v) is 10.2. The predicted molar refractivity (Wildman–Crippen MR) is 126 cm³/mol. The van der Waals surface area contributed by atoms with Gasteiger partial charge in [-0.3, -0.25) is 4.79 Å². The first kappa shape index (κ1) is 22.8. The van der Waals surface area contributed by atoms with Crippen LogP contribution in [0.3, 0.4) is 0 Å². The number of nitrogens with one attached hydrogen (secondary N) is 1. The van der Waals surface area contributed by atoms with E-state index in [1.165, 1.54) is 6.07 Å². The summed E-state index contributed by atoms with van der Waals surface area (Å²) in [4.78, 5) is 13.3. The Hall–Kier alpha value is -2.42. The van der Waals surface area contributed by atoms with Gasteiger partial charge in [-0.1, -0.05) is 52.3 Å². The van der Waals surface area contributed by atoms with Crippen LogP contribution in [0.2, 0.25) is 0 Å².